The van der Waals surface area contributed by atoms with Crippen LogP contribution < -0.4 is 0 Å². The molecule has 0 bridgehead atoms. The number of esters is 1. The lowest BCUT2D eigenvalue weighted by Crippen LogP contribution is -2.07. The lowest BCUT2D eigenvalue weighted by atomic mass is 10.2. The van der Waals surface area contributed by atoms with Crippen LogP contribution in [-0.4, -0.2) is 22.4 Å². The van der Waals surface area contributed by atoms with E-state index in [1.807, 2.05) is 25.5 Å². The number of hydrogen-bond donors (Lipinski definition) is 0. The van der Waals surface area contributed by atoms with Crippen molar-refractivity contribution in [3.63, 3.8) is 0 Å². The second-order valence-corrected chi connectivity index (χ2v) is 3.08. The molecule has 0 aromatic carbocycles. The molecule has 0 atom stereocenters. The van der Waals surface area contributed by atoms with Gasteiger partial charge in [0.05, 0.1) is 18.0 Å². The number of rotatable bonds is 3. The Balaban J connectivity index is 3.07. The molecule has 0 amide bonds. The molecular weight excluding hydrogens is 180 g/mol. The Morgan fingerprint density at radius 2 is 2.07 bits per heavy atom. The molecule has 1 rings (SSSR count). The van der Waals surface area contributed by atoms with Gasteiger partial charge in [-0.2, -0.15) is 5.10 Å². The Hall–Kier alpha value is -1.32. The molecule has 1 aromatic heterocycles. The highest BCUT2D eigenvalue weighted by atomic mass is 16.5. The summed E-state index contributed by atoms with van der Waals surface area (Å²) in [5.74, 6) is -0.276. The standard InChI is InChI=1S/C10H16N2O2/c1-5-12-8(4)9(7(3)11-12)10(13)14-6-2/h5-6H2,1-4H3. The van der Waals surface area contributed by atoms with E-state index >= 15 is 0 Å². The van der Waals surface area contributed by atoms with E-state index in [2.05, 4.69) is 5.10 Å². The minimum absolute atomic E-state index is 0.276. The van der Waals surface area contributed by atoms with Crippen LogP contribution in [0.1, 0.15) is 35.6 Å². The molecule has 4 heteroatoms. The van der Waals surface area contributed by atoms with Crippen LogP contribution in [-0.2, 0) is 11.3 Å². The van der Waals surface area contributed by atoms with Gasteiger partial charge in [-0.1, -0.05) is 0 Å². The first kappa shape index (κ1) is 10.8. The molecule has 1 aromatic rings. The number of ether oxygens (including phenoxy) is 1. The van der Waals surface area contributed by atoms with Crippen molar-refractivity contribution in [3.05, 3.63) is 17.0 Å². The fourth-order valence-corrected chi connectivity index (χ4v) is 1.50. The SMILES string of the molecule is CCOC(=O)c1c(C)nn(CC)c1C. The van der Waals surface area contributed by atoms with Gasteiger partial charge in [0.15, 0.2) is 0 Å². The molecule has 1 heterocycles. The van der Waals surface area contributed by atoms with Crippen LogP contribution in [0.15, 0.2) is 0 Å². The van der Waals surface area contributed by atoms with Crippen molar-refractivity contribution in [2.24, 2.45) is 0 Å². The van der Waals surface area contributed by atoms with Crippen LogP contribution in [0.25, 0.3) is 0 Å². The second kappa shape index (κ2) is 4.26. The van der Waals surface area contributed by atoms with Gasteiger partial charge in [0, 0.05) is 6.54 Å². The maximum atomic E-state index is 11.5. The number of carbonyl (C=O) groups is 1. The minimum atomic E-state index is -0.276. The topological polar surface area (TPSA) is 44.1 Å². The smallest absolute Gasteiger partial charge is 0.341 e. The molecule has 0 spiro atoms. The molecule has 0 radical (unpaired) electrons. The molecule has 14 heavy (non-hydrogen) atoms. The first-order chi connectivity index (χ1) is 6.61. The van der Waals surface area contributed by atoms with E-state index in [0.717, 1.165) is 17.9 Å². The molecule has 0 saturated heterocycles. The Morgan fingerprint density at radius 3 is 2.50 bits per heavy atom. The minimum Gasteiger partial charge on any atom is -0.462 e. The Morgan fingerprint density at radius 1 is 1.43 bits per heavy atom. The zero-order chi connectivity index (χ0) is 10.7. The van der Waals surface area contributed by atoms with Crippen molar-refractivity contribution < 1.29 is 9.53 Å². The normalized spacial score (nSPS) is 10.3. The molecular formula is C10H16N2O2. The van der Waals surface area contributed by atoms with Crippen LogP contribution in [0, 0.1) is 13.8 Å². The predicted molar refractivity (Wildman–Crippen MR) is 53.3 cm³/mol. The monoisotopic (exact) mass is 196 g/mol. The quantitative estimate of drug-likeness (QED) is 0.691. The van der Waals surface area contributed by atoms with Crippen LogP contribution in [0.5, 0.6) is 0 Å². The number of nitrogens with zero attached hydrogens (tertiary/aromatic N) is 2. The summed E-state index contributed by atoms with van der Waals surface area (Å²) < 4.78 is 6.76. The van der Waals surface area contributed by atoms with Crippen LogP contribution in [0.4, 0.5) is 0 Å². The number of hydrogen-bond acceptors (Lipinski definition) is 3. The third kappa shape index (κ3) is 1.78. The molecule has 0 aliphatic heterocycles. The van der Waals surface area contributed by atoms with Crippen molar-refractivity contribution in [3.8, 4) is 0 Å². The summed E-state index contributed by atoms with van der Waals surface area (Å²) in [5.41, 5.74) is 2.22. The van der Waals surface area contributed by atoms with Crippen molar-refractivity contribution in [1.29, 1.82) is 0 Å². The summed E-state index contributed by atoms with van der Waals surface area (Å²) in [6.45, 7) is 8.67. The number of aryl methyl sites for hydroxylation is 2. The van der Waals surface area contributed by atoms with Crippen molar-refractivity contribution >= 4 is 5.97 Å². The molecule has 4 nitrogen and oxygen atoms in total. The first-order valence-electron chi connectivity index (χ1n) is 4.82. The van der Waals surface area contributed by atoms with Gasteiger partial charge in [-0.25, -0.2) is 4.79 Å². The average molecular weight is 196 g/mol. The summed E-state index contributed by atoms with van der Waals surface area (Å²) in [5, 5.41) is 4.25. The van der Waals surface area contributed by atoms with Gasteiger partial charge in [0.1, 0.15) is 5.56 Å². The Bertz CT molecular complexity index is 342. The predicted octanol–water partition coefficient (Wildman–Crippen LogP) is 1.70. The van der Waals surface area contributed by atoms with Crippen molar-refractivity contribution in [2.75, 3.05) is 6.61 Å². The van der Waals surface area contributed by atoms with E-state index < -0.39 is 0 Å². The second-order valence-electron chi connectivity index (χ2n) is 3.08. The third-order valence-electron chi connectivity index (χ3n) is 2.16. The lowest BCUT2D eigenvalue weighted by molar-refractivity contribution is 0.0524. The molecule has 0 N–H and O–H groups in total. The van der Waals surface area contributed by atoms with Gasteiger partial charge in [-0.15, -0.1) is 0 Å². The highest BCUT2D eigenvalue weighted by Gasteiger charge is 2.18. The molecule has 0 saturated carbocycles. The summed E-state index contributed by atoms with van der Waals surface area (Å²) in [6.07, 6.45) is 0. The van der Waals surface area contributed by atoms with Crippen molar-refractivity contribution in [2.45, 2.75) is 34.2 Å². The number of carbonyl (C=O) groups excluding carboxylic acids is 1. The van der Waals surface area contributed by atoms with Crippen LogP contribution in [0.2, 0.25) is 0 Å². The zero-order valence-corrected chi connectivity index (χ0v) is 9.13. The largest absolute Gasteiger partial charge is 0.462 e. The van der Waals surface area contributed by atoms with E-state index in [0.29, 0.717) is 12.2 Å². The highest BCUT2D eigenvalue weighted by Crippen LogP contribution is 2.13. The maximum absolute atomic E-state index is 11.5. The van der Waals surface area contributed by atoms with Crippen molar-refractivity contribution in [1.82, 2.24) is 9.78 Å². The summed E-state index contributed by atoms with van der Waals surface area (Å²) >= 11 is 0. The van der Waals surface area contributed by atoms with Gasteiger partial charge in [-0.05, 0) is 27.7 Å². The summed E-state index contributed by atoms with van der Waals surface area (Å²) in [7, 11) is 0. The van der Waals surface area contributed by atoms with E-state index in [9.17, 15) is 4.79 Å². The molecule has 0 fully saturated rings. The summed E-state index contributed by atoms with van der Waals surface area (Å²) in [6, 6.07) is 0. The first-order valence-corrected chi connectivity index (χ1v) is 4.82. The summed E-state index contributed by atoms with van der Waals surface area (Å²) in [4.78, 5) is 11.5. The maximum Gasteiger partial charge on any atom is 0.341 e. The van der Waals surface area contributed by atoms with E-state index in [4.69, 9.17) is 4.74 Å². The van der Waals surface area contributed by atoms with Gasteiger partial charge in [0.2, 0.25) is 0 Å². The molecule has 0 aliphatic carbocycles. The van der Waals surface area contributed by atoms with E-state index in [-0.39, 0.29) is 5.97 Å². The van der Waals surface area contributed by atoms with Crippen LogP contribution in [0.3, 0.4) is 0 Å². The molecule has 78 valence electrons. The van der Waals surface area contributed by atoms with Crippen LogP contribution >= 0.6 is 0 Å². The lowest BCUT2D eigenvalue weighted by Gasteiger charge is -2.02. The Labute approximate surface area is 83.9 Å². The molecule has 0 unspecified atom stereocenters. The third-order valence-corrected chi connectivity index (χ3v) is 2.16. The van der Waals surface area contributed by atoms with E-state index in [1.54, 1.807) is 6.92 Å². The number of aromatic nitrogens is 2. The van der Waals surface area contributed by atoms with E-state index in [1.165, 1.54) is 0 Å². The fourth-order valence-electron chi connectivity index (χ4n) is 1.50. The van der Waals surface area contributed by atoms with Gasteiger partial charge < -0.3 is 4.74 Å². The van der Waals surface area contributed by atoms with Gasteiger partial charge in [-0.3, -0.25) is 4.68 Å². The molecule has 0 aliphatic rings. The van der Waals surface area contributed by atoms with Gasteiger partial charge >= 0.3 is 5.97 Å². The Kier molecular flexibility index (Phi) is 3.28. The zero-order valence-electron chi connectivity index (χ0n) is 9.13. The fraction of sp³-hybridized carbons (Fsp3) is 0.600. The average Bonchev–Trinajstić information content (AvgIpc) is 2.41. The highest BCUT2D eigenvalue weighted by molar-refractivity contribution is 5.91. The van der Waals surface area contributed by atoms with Gasteiger partial charge in [0.25, 0.3) is 0 Å².